The van der Waals surface area contributed by atoms with Gasteiger partial charge in [-0.2, -0.15) is 0 Å². The van der Waals surface area contributed by atoms with Gasteiger partial charge in [-0.1, -0.05) is 19.4 Å². The Morgan fingerprint density at radius 3 is 2.45 bits per heavy atom. The molecule has 0 aliphatic heterocycles. The molecule has 0 unspecified atom stereocenters. The number of hydrogen-bond acceptors (Lipinski definition) is 1. The van der Waals surface area contributed by atoms with Crippen LogP contribution in [0.2, 0.25) is 0 Å². The molecule has 0 aromatic heterocycles. The third kappa shape index (κ3) is 7.10. The molecule has 0 aromatic rings. The van der Waals surface area contributed by atoms with E-state index in [1.807, 2.05) is 6.92 Å². The van der Waals surface area contributed by atoms with Crippen LogP contribution in [-0.2, 0) is 4.79 Å². The van der Waals surface area contributed by atoms with E-state index < -0.39 is 5.97 Å². The number of rotatable bonds is 4. The van der Waals surface area contributed by atoms with Crippen molar-refractivity contribution in [1.82, 2.24) is 0 Å². The second-order valence-electron chi connectivity index (χ2n) is 3.26. The largest absolute Gasteiger partial charge is 0.478 e. The zero-order valence-electron chi connectivity index (χ0n) is 7.42. The van der Waals surface area contributed by atoms with E-state index in [1.54, 1.807) is 0 Å². The summed E-state index contributed by atoms with van der Waals surface area (Å²) < 4.78 is 0. The molecular formula is C9H16O2. The van der Waals surface area contributed by atoms with E-state index in [0.717, 1.165) is 18.4 Å². The highest BCUT2D eigenvalue weighted by molar-refractivity contribution is 5.80. The van der Waals surface area contributed by atoms with Gasteiger partial charge >= 0.3 is 5.97 Å². The summed E-state index contributed by atoms with van der Waals surface area (Å²) in [5, 5.41) is 8.37. The number of allylic oxidation sites excluding steroid dienone is 1. The maximum absolute atomic E-state index is 10.2. The van der Waals surface area contributed by atoms with Gasteiger partial charge in [-0.05, 0) is 25.7 Å². The second-order valence-corrected chi connectivity index (χ2v) is 3.26. The zero-order valence-corrected chi connectivity index (χ0v) is 7.42. The summed E-state index contributed by atoms with van der Waals surface area (Å²) in [6.45, 7) is 6.12. The van der Waals surface area contributed by atoms with Crippen LogP contribution >= 0.6 is 0 Å². The Bertz CT molecular complexity index is 157. The van der Waals surface area contributed by atoms with Gasteiger partial charge in [-0.3, -0.25) is 0 Å². The Morgan fingerprint density at radius 2 is 2.09 bits per heavy atom. The molecule has 64 valence electrons. The Kier molecular flexibility index (Phi) is 4.59. The van der Waals surface area contributed by atoms with Gasteiger partial charge < -0.3 is 5.11 Å². The SMILES string of the molecule is C/C(=C/C(=O)O)CCC(C)C. The molecule has 2 nitrogen and oxygen atoms in total. The zero-order chi connectivity index (χ0) is 8.85. The first-order chi connectivity index (χ1) is 5.02. The minimum Gasteiger partial charge on any atom is -0.478 e. The average Bonchev–Trinajstić information content (AvgIpc) is 1.82. The topological polar surface area (TPSA) is 37.3 Å². The minimum atomic E-state index is -0.841. The molecule has 0 aromatic carbocycles. The standard InChI is InChI=1S/C9H16O2/c1-7(2)4-5-8(3)6-9(10)11/h6-7H,4-5H2,1-3H3,(H,10,11)/b8-6-. The molecule has 0 aliphatic carbocycles. The second kappa shape index (κ2) is 4.94. The molecule has 0 atom stereocenters. The molecule has 0 rings (SSSR count). The van der Waals surface area contributed by atoms with Gasteiger partial charge in [0.1, 0.15) is 0 Å². The fraction of sp³-hybridized carbons (Fsp3) is 0.667. The van der Waals surface area contributed by atoms with E-state index in [9.17, 15) is 4.79 Å². The van der Waals surface area contributed by atoms with Gasteiger partial charge in [0.2, 0.25) is 0 Å². The number of carboxylic acid groups (broad SMARTS) is 1. The summed E-state index contributed by atoms with van der Waals surface area (Å²) in [4.78, 5) is 10.2. The maximum Gasteiger partial charge on any atom is 0.328 e. The first-order valence-electron chi connectivity index (χ1n) is 3.92. The number of hydrogen-bond donors (Lipinski definition) is 1. The number of carboxylic acids is 1. The van der Waals surface area contributed by atoms with Gasteiger partial charge in [0.25, 0.3) is 0 Å². The number of aliphatic carboxylic acids is 1. The van der Waals surface area contributed by atoms with Crippen molar-refractivity contribution in [2.45, 2.75) is 33.6 Å². The Labute approximate surface area is 67.9 Å². The minimum absolute atomic E-state index is 0.646. The quantitative estimate of drug-likeness (QED) is 0.635. The fourth-order valence-electron chi connectivity index (χ4n) is 0.799. The molecule has 0 radical (unpaired) electrons. The molecule has 0 spiro atoms. The highest BCUT2D eigenvalue weighted by Gasteiger charge is 1.97. The normalized spacial score (nSPS) is 12.2. The van der Waals surface area contributed by atoms with Gasteiger partial charge in [0.15, 0.2) is 0 Å². The predicted molar refractivity (Wildman–Crippen MR) is 45.5 cm³/mol. The van der Waals surface area contributed by atoms with Crippen molar-refractivity contribution in [3.63, 3.8) is 0 Å². The molecule has 0 aliphatic rings. The monoisotopic (exact) mass is 156 g/mol. The summed E-state index contributed by atoms with van der Waals surface area (Å²) in [5.41, 5.74) is 0.950. The Morgan fingerprint density at radius 1 is 1.55 bits per heavy atom. The summed E-state index contributed by atoms with van der Waals surface area (Å²) in [5.74, 6) is -0.196. The van der Waals surface area contributed by atoms with Crippen molar-refractivity contribution in [2.75, 3.05) is 0 Å². The summed E-state index contributed by atoms with van der Waals surface area (Å²) >= 11 is 0. The van der Waals surface area contributed by atoms with Crippen LogP contribution in [0.15, 0.2) is 11.6 Å². The Balaban J connectivity index is 3.68. The van der Waals surface area contributed by atoms with Crippen LogP contribution in [-0.4, -0.2) is 11.1 Å². The lowest BCUT2D eigenvalue weighted by Crippen LogP contribution is -1.92. The molecule has 0 saturated heterocycles. The smallest absolute Gasteiger partial charge is 0.328 e. The van der Waals surface area contributed by atoms with Gasteiger partial charge in [-0.25, -0.2) is 4.79 Å². The van der Waals surface area contributed by atoms with Crippen LogP contribution in [0.25, 0.3) is 0 Å². The lowest BCUT2D eigenvalue weighted by molar-refractivity contribution is -0.131. The van der Waals surface area contributed by atoms with Gasteiger partial charge in [-0.15, -0.1) is 0 Å². The fourth-order valence-corrected chi connectivity index (χ4v) is 0.799. The van der Waals surface area contributed by atoms with Crippen molar-refractivity contribution in [3.05, 3.63) is 11.6 Å². The van der Waals surface area contributed by atoms with Crippen LogP contribution in [0.5, 0.6) is 0 Å². The van der Waals surface area contributed by atoms with Crippen LogP contribution in [0.1, 0.15) is 33.6 Å². The average molecular weight is 156 g/mol. The van der Waals surface area contributed by atoms with E-state index in [2.05, 4.69) is 13.8 Å². The Hall–Kier alpha value is -0.790. The van der Waals surface area contributed by atoms with Crippen LogP contribution in [0.3, 0.4) is 0 Å². The van der Waals surface area contributed by atoms with E-state index in [-0.39, 0.29) is 0 Å². The molecular weight excluding hydrogens is 140 g/mol. The first-order valence-corrected chi connectivity index (χ1v) is 3.92. The highest BCUT2D eigenvalue weighted by atomic mass is 16.4. The van der Waals surface area contributed by atoms with Crippen LogP contribution in [0, 0.1) is 5.92 Å². The van der Waals surface area contributed by atoms with Crippen molar-refractivity contribution < 1.29 is 9.90 Å². The van der Waals surface area contributed by atoms with Crippen molar-refractivity contribution in [1.29, 1.82) is 0 Å². The third-order valence-corrected chi connectivity index (χ3v) is 1.49. The van der Waals surface area contributed by atoms with Gasteiger partial charge in [0.05, 0.1) is 0 Å². The van der Waals surface area contributed by atoms with E-state index >= 15 is 0 Å². The highest BCUT2D eigenvalue weighted by Crippen LogP contribution is 2.10. The molecule has 0 saturated carbocycles. The van der Waals surface area contributed by atoms with Crippen LogP contribution < -0.4 is 0 Å². The van der Waals surface area contributed by atoms with E-state index in [1.165, 1.54) is 6.08 Å². The third-order valence-electron chi connectivity index (χ3n) is 1.49. The van der Waals surface area contributed by atoms with Crippen molar-refractivity contribution >= 4 is 5.97 Å². The van der Waals surface area contributed by atoms with Crippen LogP contribution in [0.4, 0.5) is 0 Å². The summed E-state index contributed by atoms with van der Waals surface area (Å²) in [7, 11) is 0. The molecule has 11 heavy (non-hydrogen) atoms. The maximum atomic E-state index is 10.2. The lowest BCUT2D eigenvalue weighted by Gasteiger charge is -2.02. The van der Waals surface area contributed by atoms with E-state index in [4.69, 9.17) is 5.11 Å². The summed E-state index contributed by atoms with van der Waals surface area (Å²) in [6, 6.07) is 0. The molecule has 2 heteroatoms. The summed E-state index contributed by atoms with van der Waals surface area (Å²) in [6.07, 6.45) is 3.24. The first kappa shape index (κ1) is 10.2. The molecule has 0 amide bonds. The molecule has 0 heterocycles. The lowest BCUT2D eigenvalue weighted by atomic mass is 10.0. The van der Waals surface area contributed by atoms with Gasteiger partial charge in [0, 0.05) is 6.08 Å². The van der Waals surface area contributed by atoms with Crippen molar-refractivity contribution in [2.24, 2.45) is 5.92 Å². The predicted octanol–water partition coefficient (Wildman–Crippen LogP) is 2.45. The van der Waals surface area contributed by atoms with E-state index in [0.29, 0.717) is 5.92 Å². The van der Waals surface area contributed by atoms with Crippen molar-refractivity contribution in [3.8, 4) is 0 Å². The molecule has 0 fully saturated rings. The molecule has 0 bridgehead atoms. The number of carbonyl (C=O) groups is 1. The molecule has 1 N–H and O–H groups in total.